The van der Waals surface area contributed by atoms with Gasteiger partial charge in [-0.05, 0) is 25.8 Å². The Kier molecular flexibility index (Phi) is 4.42. The Hall–Kier alpha value is -0.940. The summed E-state index contributed by atoms with van der Waals surface area (Å²) in [6.45, 7) is 1.35. The van der Waals surface area contributed by atoms with Crippen molar-refractivity contribution in [2.75, 3.05) is 13.2 Å². The summed E-state index contributed by atoms with van der Waals surface area (Å²) in [6.07, 6.45) is 4.86. The van der Waals surface area contributed by atoms with Gasteiger partial charge < -0.3 is 10.8 Å². The van der Waals surface area contributed by atoms with E-state index in [1.807, 2.05) is 6.20 Å². The molecule has 0 aliphatic rings. The first-order valence-corrected chi connectivity index (χ1v) is 4.56. The fourth-order valence-electron chi connectivity index (χ4n) is 1.12. The van der Waals surface area contributed by atoms with Crippen LogP contribution in [-0.2, 0) is 13.0 Å². The number of aliphatic hydroxyl groups is 1. The quantitative estimate of drug-likeness (QED) is 0.587. The van der Waals surface area contributed by atoms with Gasteiger partial charge in [0.1, 0.15) is 0 Å². The van der Waals surface area contributed by atoms with Gasteiger partial charge in [-0.15, -0.1) is 5.10 Å². The van der Waals surface area contributed by atoms with E-state index in [9.17, 15) is 0 Å². The van der Waals surface area contributed by atoms with Gasteiger partial charge in [0.05, 0.1) is 18.8 Å². The predicted octanol–water partition coefficient (Wildman–Crippen LogP) is -0.448. The molecule has 13 heavy (non-hydrogen) atoms. The van der Waals surface area contributed by atoms with Crippen LogP contribution in [0.2, 0.25) is 0 Å². The highest BCUT2D eigenvalue weighted by Gasteiger charge is 1.99. The molecule has 0 unspecified atom stereocenters. The molecule has 0 aliphatic heterocycles. The van der Waals surface area contributed by atoms with Gasteiger partial charge in [0, 0.05) is 6.20 Å². The Balaban J connectivity index is 2.31. The highest BCUT2D eigenvalue weighted by molar-refractivity contribution is 4.92. The average Bonchev–Trinajstić information content (AvgIpc) is 2.54. The molecule has 74 valence electrons. The summed E-state index contributed by atoms with van der Waals surface area (Å²) < 4.78 is 1.65. The van der Waals surface area contributed by atoms with Crippen LogP contribution in [0.25, 0.3) is 0 Å². The molecular weight excluding hydrogens is 168 g/mol. The summed E-state index contributed by atoms with van der Waals surface area (Å²) in [4.78, 5) is 0. The average molecular weight is 184 g/mol. The van der Waals surface area contributed by atoms with Crippen LogP contribution in [-0.4, -0.2) is 33.3 Å². The molecule has 0 aliphatic carbocycles. The number of rotatable bonds is 6. The maximum Gasteiger partial charge on any atom is 0.0827 e. The molecule has 3 N–H and O–H groups in total. The Morgan fingerprint density at radius 3 is 3.00 bits per heavy atom. The largest absolute Gasteiger partial charge is 0.394 e. The van der Waals surface area contributed by atoms with Gasteiger partial charge in [-0.25, -0.2) is 4.68 Å². The molecule has 1 aromatic heterocycles. The van der Waals surface area contributed by atoms with Crippen LogP contribution >= 0.6 is 0 Å². The topological polar surface area (TPSA) is 77.0 Å². The number of aromatic nitrogens is 3. The zero-order chi connectivity index (χ0) is 9.52. The van der Waals surface area contributed by atoms with E-state index in [4.69, 9.17) is 10.8 Å². The summed E-state index contributed by atoms with van der Waals surface area (Å²) in [5.74, 6) is 0. The molecule has 5 heteroatoms. The second-order valence-corrected chi connectivity index (χ2v) is 2.94. The van der Waals surface area contributed by atoms with E-state index in [0.717, 1.165) is 31.5 Å². The zero-order valence-corrected chi connectivity index (χ0v) is 7.69. The maximum absolute atomic E-state index is 8.64. The molecule has 0 fully saturated rings. The smallest absolute Gasteiger partial charge is 0.0827 e. The summed E-state index contributed by atoms with van der Waals surface area (Å²) in [5.41, 5.74) is 6.35. The van der Waals surface area contributed by atoms with E-state index in [0.29, 0.717) is 6.54 Å². The van der Waals surface area contributed by atoms with E-state index < -0.39 is 0 Å². The fourth-order valence-corrected chi connectivity index (χ4v) is 1.12. The number of hydrogen-bond acceptors (Lipinski definition) is 4. The molecule has 1 rings (SSSR count). The highest BCUT2D eigenvalue weighted by Crippen LogP contribution is 1.99. The van der Waals surface area contributed by atoms with Crippen molar-refractivity contribution in [1.29, 1.82) is 0 Å². The lowest BCUT2D eigenvalue weighted by atomic mass is 10.2. The molecule has 5 nitrogen and oxygen atoms in total. The van der Waals surface area contributed by atoms with Crippen LogP contribution in [0.3, 0.4) is 0 Å². The molecule has 1 heterocycles. The summed E-state index contributed by atoms with van der Waals surface area (Å²) in [5, 5.41) is 16.5. The number of aliphatic hydroxyl groups excluding tert-OH is 1. The predicted molar refractivity (Wildman–Crippen MR) is 49.1 cm³/mol. The second kappa shape index (κ2) is 5.66. The lowest BCUT2D eigenvalue weighted by Gasteiger charge is -1.94. The SMILES string of the molecule is NCCCCc1cn(CCO)nn1. The molecule has 0 atom stereocenters. The first-order valence-electron chi connectivity index (χ1n) is 4.56. The lowest BCUT2D eigenvalue weighted by molar-refractivity contribution is 0.268. The molecular formula is C8H16N4O. The molecule has 0 spiro atoms. The van der Waals surface area contributed by atoms with Crippen LogP contribution < -0.4 is 5.73 Å². The highest BCUT2D eigenvalue weighted by atomic mass is 16.3. The third-order valence-electron chi connectivity index (χ3n) is 1.80. The van der Waals surface area contributed by atoms with Crippen molar-refractivity contribution in [3.8, 4) is 0 Å². The van der Waals surface area contributed by atoms with Crippen molar-refractivity contribution in [2.24, 2.45) is 5.73 Å². The van der Waals surface area contributed by atoms with Gasteiger partial charge in [0.15, 0.2) is 0 Å². The van der Waals surface area contributed by atoms with Gasteiger partial charge in [-0.2, -0.15) is 0 Å². The van der Waals surface area contributed by atoms with Crippen molar-refractivity contribution in [2.45, 2.75) is 25.8 Å². The van der Waals surface area contributed by atoms with E-state index in [1.165, 1.54) is 0 Å². The molecule has 1 aromatic rings. The molecule has 0 radical (unpaired) electrons. The third kappa shape index (κ3) is 3.52. The summed E-state index contributed by atoms with van der Waals surface area (Å²) >= 11 is 0. The molecule has 0 bridgehead atoms. The van der Waals surface area contributed by atoms with E-state index in [1.54, 1.807) is 4.68 Å². The number of nitrogens with zero attached hydrogens (tertiary/aromatic N) is 3. The van der Waals surface area contributed by atoms with Crippen molar-refractivity contribution in [3.63, 3.8) is 0 Å². The summed E-state index contributed by atoms with van der Waals surface area (Å²) in [6, 6.07) is 0. The minimum atomic E-state index is 0.103. The van der Waals surface area contributed by atoms with Crippen LogP contribution in [0.15, 0.2) is 6.20 Å². The third-order valence-corrected chi connectivity index (χ3v) is 1.80. The standard InChI is InChI=1S/C8H16N4O/c9-4-2-1-3-8-7-12(5-6-13)11-10-8/h7,13H,1-6,9H2. The van der Waals surface area contributed by atoms with Crippen LogP contribution in [0.5, 0.6) is 0 Å². The molecule has 0 saturated carbocycles. The Morgan fingerprint density at radius 1 is 1.46 bits per heavy atom. The fraction of sp³-hybridized carbons (Fsp3) is 0.750. The zero-order valence-electron chi connectivity index (χ0n) is 7.69. The minimum Gasteiger partial charge on any atom is -0.394 e. The van der Waals surface area contributed by atoms with E-state index >= 15 is 0 Å². The first-order chi connectivity index (χ1) is 6.36. The van der Waals surface area contributed by atoms with Crippen molar-refractivity contribution >= 4 is 0 Å². The van der Waals surface area contributed by atoms with Crippen LogP contribution in [0.4, 0.5) is 0 Å². The normalized spacial score (nSPS) is 10.6. The second-order valence-electron chi connectivity index (χ2n) is 2.94. The van der Waals surface area contributed by atoms with Crippen molar-refractivity contribution in [3.05, 3.63) is 11.9 Å². The summed E-state index contributed by atoms with van der Waals surface area (Å²) in [7, 11) is 0. The molecule has 0 amide bonds. The molecule has 0 saturated heterocycles. The molecule has 0 aromatic carbocycles. The Morgan fingerprint density at radius 2 is 2.31 bits per heavy atom. The van der Waals surface area contributed by atoms with Gasteiger partial charge in [-0.1, -0.05) is 5.21 Å². The van der Waals surface area contributed by atoms with Gasteiger partial charge in [-0.3, -0.25) is 0 Å². The Labute approximate surface area is 77.6 Å². The number of unbranched alkanes of at least 4 members (excludes halogenated alkanes) is 1. The van der Waals surface area contributed by atoms with Crippen molar-refractivity contribution < 1.29 is 5.11 Å². The van der Waals surface area contributed by atoms with E-state index in [2.05, 4.69) is 10.3 Å². The van der Waals surface area contributed by atoms with E-state index in [-0.39, 0.29) is 6.61 Å². The minimum absolute atomic E-state index is 0.103. The van der Waals surface area contributed by atoms with Gasteiger partial charge >= 0.3 is 0 Å². The first kappa shape index (κ1) is 10.1. The van der Waals surface area contributed by atoms with Crippen LogP contribution in [0.1, 0.15) is 18.5 Å². The van der Waals surface area contributed by atoms with Crippen LogP contribution in [0, 0.1) is 0 Å². The van der Waals surface area contributed by atoms with Crippen molar-refractivity contribution in [1.82, 2.24) is 15.0 Å². The monoisotopic (exact) mass is 184 g/mol. The van der Waals surface area contributed by atoms with Gasteiger partial charge in [0.2, 0.25) is 0 Å². The number of aryl methyl sites for hydroxylation is 1. The Bertz CT molecular complexity index is 236. The lowest BCUT2D eigenvalue weighted by Crippen LogP contribution is -2.02. The maximum atomic E-state index is 8.64. The number of hydrogen-bond donors (Lipinski definition) is 2. The van der Waals surface area contributed by atoms with Gasteiger partial charge in [0.25, 0.3) is 0 Å². The number of nitrogens with two attached hydrogens (primary N) is 1.